The van der Waals surface area contributed by atoms with Crippen LogP contribution in [0, 0.1) is 5.92 Å². The number of rotatable bonds is 8. The number of esters is 1. The Labute approximate surface area is 132 Å². The smallest absolute Gasteiger partial charge is 0.335 e. The van der Waals surface area contributed by atoms with Crippen LogP contribution in [0.2, 0.25) is 0 Å². The molecule has 7 nitrogen and oxygen atoms in total. The molecule has 0 saturated carbocycles. The number of carbonyl (C=O) groups excluding carboxylic acids is 3. The molecule has 2 N–H and O–H groups in total. The van der Waals surface area contributed by atoms with Crippen molar-refractivity contribution in [2.75, 3.05) is 6.61 Å². The number of hydrogen-bond acceptors (Lipinski definition) is 5. The van der Waals surface area contributed by atoms with E-state index >= 15 is 0 Å². The quantitative estimate of drug-likeness (QED) is 0.663. The van der Waals surface area contributed by atoms with Gasteiger partial charge >= 0.3 is 12.0 Å². The van der Waals surface area contributed by atoms with Crippen LogP contribution in [-0.4, -0.2) is 42.8 Å². The molecule has 0 aromatic carbocycles. The molecule has 2 unspecified atom stereocenters. The van der Waals surface area contributed by atoms with Gasteiger partial charge in [0.1, 0.15) is 0 Å². The number of urea groups is 1. The van der Waals surface area contributed by atoms with Crippen LogP contribution in [0.5, 0.6) is 0 Å². The highest BCUT2D eigenvalue weighted by molar-refractivity contribution is 5.97. The summed E-state index contributed by atoms with van der Waals surface area (Å²) in [5.74, 6) is -0.830. The predicted molar refractivity (Wildman–Crippen MR) is 82.2 cm³/mol. The summed E-state index contributed by atoms with van der Waals surface area (Å²) in [6.45, 7) is 11.1. The van der Waals surface area contributed by atoms with Crippen molar-refractivity contribution in [3.8, 4) is 0 Å². The lowest BCUT2D eigenvalue weighted by molar-refractivity contribution is -0.164. The van der Waals surface area contributed by atoms with Crippen molar-refractivity contribution in [2.45, 2.75) is 66.2 Å². The van der Waals surface area contributed by atoms with Gasteiger partial charge in [0, 0.05) is 12.6 Å². The number of carbonyl (C=O) groups is 3. The second-order valence-corrected chi connectivity index (χ2v) is 5.89. The van der Waals surface area contributed by atoms with Crippen LogP contribution in [-0.2, 0) is 19.1 Å². The van der Waals surface area contributed by atoms with Gasteiger partial charge < -0.3 is 14.8 Å². The Morgan fingerprint density at radius 2 is 1.55 bits per heavy atom. The lowest BCUT2D eigenvalue weighted by Crippen LogP contribution is -2.47. The molecule has 3 amide bonds. The van der Waals surface area contributed by atoms with Crippen LogP contribution < -0.4 is 10.6 Å². The summed E-state index contributed by atoms with van der Waals surface area (Å²) >= 11 is 0. The van der Waals surface area contributed by atoms with E-state index in [9.17, 15) is 14.4 Å². The lowest BCUT2D eigenvalue weighted by atomic mass is 10.1. The van der Waals surface area contributed by atoms with Crippen molar-refractivity contribution in [2.24, 2.45) is 5.92 Å². The normalized spacial score (nSPS) is 13.6. The van der Waals surface area contributed by atoms with E-state index in [1.165, 1.54) is 6.92 Å². The predicted octanol–water partition coefficient (Wildman–Crippen LogP) is 1.60. The molecule has 0 aliphatic rings. The number of hydrogen-bond donors (Lipinski definition) is 2. The van der Waals surface area contributed by atoms with E-state index < -0.39 is 30.1 Å². The zero-order valence-corrected chi connectivity index (χ0v) is 14.3. The minimum absolute atomic E-state index is 0.0972. The summed E-state index contributed by atoms with van der Waals surface area (Å²) in [6.07, 6.45) is -0.983. The fourth-order valence-electron chi connectivity index (χ4n) is 1.38. The molecule has 0 heterocycles. The second-order valence-electron chi connectivity index (χ2n) is 5.89. The molecule has 0 aliphatic heterocycles. The first-order valence-electron chi connectivity index (χ1n) is 7.56. The van der Waals surface area contributed by atoms with Crippen LogP contribution in [0.4, 0.5) is 4.79 Å². The summed E-state index contributed by atoms with van der Waals surface area (Å²) < 4.78 is 10.3. The van der Waals surface area contributed by atoms with E-state index in [-0.39, 0.29) is 6.04 Å². The maximum atomic E-state index is 11.8. The van der Waals surface area contributed by atoms with E-state index in [1.54, 1.807) is 20.8 Å². The zero-order chi connectivity index (χ0) is 17.3. The van der Waals surface area contributed by atoms with Gasteiger partial charge in [0.25, 0.3) is 5.91 Å². The van der Waals surface area contributed by atoms with Gasteiger partial charge in [0.15, 0.2) is 12.2 Å². The first-order valence-corrected chi connectivity index (χ1v) is 7.56. The molecule has 7 heteroatoms. The molecule has 0 fully saturated rings. The monoisotopic (exact) mass is 316 g/mol. The van der Waals surface area contributed by atoms with Gasteiger partial charge in [-0.25, -0.2) is 9.59 Å². The molecule has 0 rings (SSSR count). The molecule has 0 radical (unpaired) electrons. The minimum Gasteiger partial charge on any atom is -0.451 e. The van der Waals surface area contributed by atoms with Crippen molar-refractivity contribution >= 4 is 17.9 Å². The Morgan fingerprint density at radius 3 is 2.05 bits per heavy atom. The van der Waals surface area contributed by atoms with Gasteiger partial charge in [0.2, 0.25) is 0 Å². The molecule has 0 saturated heterocycles. The van der Waals surface area contributed by atoms with Gasteiger partial charge in [-0.2, -0.15) is 0 Å². The van der Waals surface area contributed by atoms with Gasteiger partial charge in [-0.05, 0) is 40.0 Å². The van der Waals surface area contributed by atoms with Crippen LogP contribution in [0.1, 0.15) is 48.0 Å². The van der Waals surface area contributed by atoms with Crippen molar-refractivity contribution < 1.29 is 23.9 Å². The molecule has 128 valence electrons. The van der Waals surface area contributed by atoms with Crippen LogP contribution in [0.15, 0.2) is 0 Å². The van der Waals surface area contributed by atoms with Gasteiger partial charge in [0.05, 0.1) is 0 Å². The molecule has 2 atom stereocenters. The summed E-state index contributed by atoms with van der Waals surface area (Å²) in [5.41, 5.74) is 0. The molecule has 0 bridgehead atoms. The van der Waals surface area contributed by atoms with E-state index in [4.69, 9.17) is 9.47 Å². The number of ether oxygens (including phenoxy) is 2. The molecule has 0 aliphatic carbocycles. The lowest BCUT2D eigenvalue weighted by Gasteiger charge is -2.17. The highest BCUT2D eigenvalue weighted by Gasteiger charge is 2.23. The maximum absolute atomic E-state index is 11.8. The molecule has 0 aromatic heterocycles. The van der Waals surface area contributed by atoms with Gasteiger partial charge in [-0.15, -0.1) is 0 Å². The average molecular weight is 316 g/mol. The first kappa shape index (κ1) is 20.4. The van der Waals surface area contributed by atoms with Crippen LogP contribution >= 0.6 is 0 Å². The Kier molecular flexibility index (Phi) is 9.40. The third kappa shape index (κ3) is 9.33. The summed E-state index contributed by atoms with van der Waals surface area (Å²) in [5, 5.41) is 4.61. The zero-order valence-electron chi connectivity index (χ0n) is 14.3. The fourth-order valence-corrected chi connectivity index (χ4v) is 1.38. The van der Waals surface area contributed by atoms with Crippen LogP contribution in [0.25, 0.3) is 0 Å². The van der Waals surface area contributed by atoms with Crippen molar-refractivity contribution in [1.82, 2.24) is 10.6 Å². The largest absolute Gasteiger partial charge is 0.451 e. The number of imide groups is 1. The average Bonchev–Trinajstić information content (AvgIpc) is 2.36. The van der Waals surface area contributed by atoms with Crippen molar-refractivity contribution in [1.29, 1.82) is 0 Å². The Balaban J connectivity index is 4.16. The van der Waals surface area contributed by atoms with Crippen molar-refractivity contribution in [3.63, 3.8) is 0 Å². The Bertz CT molecular complexity index is 382. The molecule has 0 aromatic rings. The highest BCUT2D eigenvalue weighted by atomic mass is 16.6. The first-order chi connectivity index (χ1) is 10.1. The number of nitrogens with one attached hydrogen (secondary N) is 2. The summed E-state index contributed by atoms with van der Waals surface area (Å²) in [6, 6.07) is -0.718. The highest BCUT2D eigenvalue weighted by Crippen LogP contribution is 2.04. The van der Waals surface area contributed by atoms with E-state index in [0.29, 0.717) is 12.5 Å². The molecular formula is C15H28N2O5. The third-order valence-corrected chi connectivity index (χ3v) is 2.71. The fraction of sp³-hybridized carbons (Fsp3) is 0.800. The molecular weight excluding hydrogens is 288 g/mol. The molecule has 0 spiro atoms. The van der Waals surface area contributed by atoms with Gasteiger partial charge in [-0.1, -0.05) is 13.8 Å². The second kappa shape index (κ2) is 10.2. The molecule has 22 heavy (non-hydrogen) atoms. The van der Waals surface area contributed by atoms with E-state index in [1.807, 2.05) is 0 Å². The Hall–Kier alpha value is -1.63. The van der Waals surface area contributed by atoms with Crippen LogP contribution in [0.3, 0.4) is 0 Å². The summed E-state index contributed by atoms with van der Waals surface area (Å²) in [4.78, 5) is 34.9. The maximum Gasteiger partial charge on any atom is 0.335 e. The van der Waals surface area contributed by atoms with E-state index in [0.717, 1.165) is 6.42 Å². The van der Waals surface area contributed by atoms with E-state index in [2.05, 4.69) is 24.5 Å². The summed E-state index contributed by atoms with van der Waals surface area (Å²) in [7, 11) is 0. The topological polar surface area (TPSA) is 93.7 Å². The standard InChI is InChI=1S/C15H28N2O5/c1-9(2)7-8-21-12(6)14(19)22-11(5)13(18)17-15(20)16-10(3)4/h9-12H,7-8H2,1-6H3,(H2,16,17,18,20). The SMILES string of the molecule is CC(C)CCOC(C)C(=O)OC(C)C(=O)NC(=O)NC(C)C. The van der Waals surface area contributed by atoms with Gasteiger partial charge in [-0.3, -0.25) is 10.1 Å². The third-order valence-electron chi connectivity index (χ3n) is 2.71. The Morgan fingerprint density at radius 1 is 0.955 bits per heavy atom. The van der Waals surface area contributed by atoms with Crippen molar-refractivity contribution in [3.05, 3.63) is 0 Å². The number of amides is 3. The minimum atomic E-state index is -1.07.